The zero-order chi connectivity index (χ0) is 13.8. The van der Waals surface area contributed by atoms with Crippen LogP contribution in [-0.2, 0) is 11.3 Å². The summed E-state index contributed by atoms with van der Waals surface area (Å²) in [5.74, 6) is -0.371. The molecule has 0 bridgehead atoms. The predicted molar refractivity (Wildman–Crippen MR) is 78.9 cm³/mol. The fourth-order valence-corrected chi connectivity index (χ4v) is 2.12. The first kappa shape index (κ1) is 13.8. The number of hydrogen-bond donors (Lipinski definition) is 0. The van der Waals surface area contributed by atoms with E-state index in [9.17, 15) is 4.79 Å². The van der Waals surface area contributed by atoms with E-state index in [-0.39, 0.29) is 5.97 Å². The molecule has 0 N–H and O–H groups in total. The lowest BCUT2D eigenvalue weighted by Gasteiger charge is -2.09. The molecular weight excluding hydrogens is 282 g/mol. The lowest BCUT2D eigenvalue weighted by Crippen LogP contribution is -2.15. The Morgan fingerprint density at radius 2 is 2.00 bits per heavy atom. The Balaban J connectivity index is 2.17. The molecule has 0 saturated carbocycles. The fourth-order valence-electron chi connectivity index (χ4n) is 1.72. The first-order valence-electron chi connectivity index (χ1n) is 5.64. The molecule has 0 radical (unpaired) electrons. The van der Waals surface area contributed by atoms with Gasteiger partial charge in [0, 0.05) is 16.1 Å². The molecule has 0 aliphatic heterocycles. The molecule has 0 atom stereocenters. The number of benzene rings is 1. The summed E-state index contributed by atoms with van der Waals surface area (Å²) < 4.78 is 6.48. The van der Waals surface area contributed by atoms with Gasteiger partial charge in [0.25, 0.3) is 0 Å². The standard InChI is InChI=1S/C14H12ClNO2S/c1-18-14(17)12-3-2-8-16(12)9-13(19)10-4-6-11(15)7-5-10/h2-8H,9H2,1H3. The number of methoxy groups -OCH3 is 1. The van der Waals surface area contributed by atoms with Crippen LogP contribution >= 0.6 is 23.8 Å². The van der Waals surface area contributed by atoms with Crippen LogP contribution in [0.3, 0.4) is 0 Å². The van der Waals surface area contributed by atoms with Crippen molar-refractivity contribution in [3.8, 4) is 0 Å². The van der Waals surface area contributed by atoms with E-state index in [4.69, 9.17) is 28.6 Å². The van der Waals surface area contributed by atoms with E-state index in [0.29, 0.717) is 17.3 Å². The Morgan fingerprint density at radius 1 is 1.32 bits per heavy atom. The Bertz CT molecular complexity index is 604. The van der Waals surface area contributed by atoms with Crippen molar-refractivity contribution in [2.45, 2.75) is 6.54 Å². The molecule has 3 nitrogen and oxygen atoms in total. The van der Waals surface area contributed by atoms with Crippen molar-refractivity contribution in [2.75, 3.05) is 7.11 Å². The Kier molecular flexibility index (Phi) is 4.35. The number of halogens is 1. The quantitative estimate of drug-likeness (QED) is 0.492. The Hall–Kier alpha value is -1.65. The molecule has 0 amide bonds. The van der Waals surface area contributed by atoms with Crippen LogP contribution in [0.1, 0.15) is 16.1 Å². The molecule has 2 aromatic rings. The maximum Gasteiger partial charge on any atom is 0.354 e. The molecule has 19 heavy (non-hydrogen) atoms. The number of thiocarbonyl (C=S) groups is 1. The van der Waals surface area contributed by atoms with Crippen LogP contribution < -0.4 is 0 Å². The lowest BCUT2D eigenvalue weighted by molar-refractivity contribution is 0.0589. The highest BCUT2D eigenvalue weighted by Crippen LogP contribution is 2.13. The molecular formula is C14H12ClNO2S. The van der Waals surface area contributed by atoms with Gasteiger partial charge < -0.3 is 9.30 Å². The van der Waals surface area contributed by atoms with E-state index in [2.05, 4.69) is 0 Å². The van der Waals surface area contributed by atoms with Gasteiger partial charge in [-0.3, -0.25) is 0 Å². The number of carbonyl (C=O) groups is 1. The van der Waals surface area contributed by atoms with E-state index in [1.54, 1.807) is 35.0 Å². The van der Waals surface area contributed by atoms with Crippen molar-refractivity contribution in [2.24, 2.45) is 0 Å². The van der Waals surface area contributed by atoms with E-state index in [1.807, 2.05) is 12.1 Å². The van der Waals surface area contributed by atoms with Crippen LogP contribution in [0.4, 0.5) is 0 Å². The third-order valence-corrected chi connectivity index (χ3v) is 3.32. The van der Waals surface area contributed by atoms with Gasteiger partial charge in [0.2, 0.25) is 0 Å². The van der Waals surface area contributed by atoms with Crippen molar-refractivity contribution >= 4 is 34.7 Å². The second kappa shape index (κ2) is 5.99. The first-order chi connectivity index (χ1) is 9.11. The third-order valence-electron chi connectivity index (χ3n) is 2.70. The second-order valence-electron chi connectivity index (χ2n) is 3.94. The minimum atomic E-state index is -0.371. The molecule has 0 aliphatic rings. The van der Waals surface area contributed by atoms with Crippen molar-refractivity contribution in [1.82, 2.24) is 4.57 Å². The van der Waals surface area contributed by atoms with Crippen LogP contribution in [0.5, 0.6) is 0 Å². The minimum Gasteiger partial charge on any atom is -0.464 e. The second-order valence-corrected chi connectivity index (χ2v) is 4.87. The van der Waals surface area contributed by atoms with Crippen LogP contribution in [0.25, 0.3) is 0 Å². The molecule has 98 valence electrons. The van der Waals surface area contributed by atoms with Crippen LogP contribution in [-0.4, -0.2) is 22.5 Å². The predicted octanol–water partition coefficient (Wildman–Crippen LogP) is 3.35. The van der Waals surface area contributed by atoms with Gasteiger partial charge in [-0.1, -0.05) is 36.0 Å². The van der Waals surface area contributed by atoms with Crippen LogP contribution in [0, 0.1) is 0 Å². The summed E-state index contributed by atoms with van der Waals surface area (Å²) in [5, 5.41) is 0.669. The van der Waals surface area contributed by atoms with Gasteiger partial charge in [-0.15, -0.1) is 0 Å². The average Bonchev–Trinajstić information content (AvgIpc) is 2.86. The molecule has 1 aromatic heterocycles. The molecule has 0 unspecified atom stereocenters. The molecule has 0 aliphatic carbocycles. The number of rotatable bonds is 4. The highest BCUT2D eigenvalue weighted by molar-refractivity contribution is 7.80. The van der Waals surface area contributed by atoms with Gasteiger partial charge in [0.15, 0.2) is 0 Å². The van der Waals surface area contributed by atoms with E-state index >= 15 is 0 Å². The normalized spacial score (nSPS) is 10.2. The summed E-state index contributed by atoms with van der Waals surface area (Å²) in [6.45, 7) is 0.453. The zero-order valence-corrected chi connectivity index (χ0v) is 11.9. The smallest absolute Gasteiger partial charge is 0.354 e. The summed E-state index contributed by atoms with van der Waals surface area (Å²) in [7, 11) is 1.36. The molecule has 0 spiro atoms. The molecule has 1 heterocycles. The van der Waals surface area contributed by atoms with Gasteiger partial charge >= 0.3 is 5.97 Å². The number of nitrogens with zero attached hydrogens (tertiary/aromatic N) is 1. The molecule has 5 heteroatoms. The number of esters is 1. The summed E-state index contributed by atoms with van der Waals surface area (Å²) in [6, 6.07) is 10.8. The Labute approximate surface area is 121 Å². The van der Waals surface area contributed by atoms with Crippen molar-refractivity contribution in [3.05, 3.63) is 58.9 Å². The van der Waals surface area contributed by atoms with Crippen LogP contribution in [0.15, 0.2) is 42.6 Å². The van der Waals surface area contributed by atoms with E-state index in [0.717, 1.165) is 10.4 Å². The van der Waals surface area contributed by atoms with Gasteiger partial charge in [-0.05, 0) is 29.8 Å². The van der Waals surface area contributed by atoms with Gasteiger partial charge in [-0.2, -0.15) is 0 Å². The maximum atomic E-state index is 11.6. The number of ether oxygens (including phenoxy) is 1. The average molecular weight is 294 g/mol. The summed E-state index contributed by atoms with van der Waals surface area (Å²) in [6.07, 6.45) is 1.80. The largest absolute Gasteiger partial charge is 0.464 e. The van der Waals surface area contributed by atoms with Gasteiger partial charge in [0.1, 0.15) is 5.69 Å². The third kappa shape index (κ3) is 3.22. The van der Waals surface area contributed by atoms with E-state index in [1.165, 1.54) is 7.11 Å². The van der Waals surface area contributed by atoms with Gasteiger partial charge in [-0.25, -0.2) is 4.79 Å². The summed E-state index contributed by atoms with van der Waals surface area (Å²) in [5.41, 5.74) is 1.41. The number of hydrogen-bond acceptors (Lipinski definition) is 3. The minimum absolute atomic E-state index is 0.371. The van der Waals surface area contributed by atoms with E-state index < -0.39 is 0 Å². The first-order valence-corrected chi connectivity index (χ1v) is 6.42. The summed E-state index contributed by atoms with van der Waals surface area (Å²) >= 11 is 11.2. The highest BCUT2D eigenvalue weighted by Gasteiger charge is 2.12. The number of aromatic nitrogens is 1. The molecule has 2 rings (SSSR count). The fraction of sp³-hybridized carbons (Fsp3) is 0.143. The van der Waals surface area contributed by atoms with Crippen molar-refractivity contribution in [3.63, 3.8) is 0 Å². The van der Waals surface area contributed by atoms with Crippen molar-refractivity contribution in [1.29, 1.82) is 0 Å². The summed E-state index contributed by atoms with van der Waals surface area (Å²) in [4.78, 5) is 12.3. The molecule has 1 aromatic carbocycles. The zero-order valence-electron chi connectivity index (χ0n) is 10.3. The van der Waals surface area contributed by atoms with Crippen molar-refractivity contribution < 1.29 is 9.53 Å². The molecule has 0 fully saturated rings. The molecule has 0 saturated heterocycles. The lowest BCUT2D eigenvalue weighted by atomic mass is 10.1. The Morgan fingerprint density at radius 3 is 2.63 bits per heavy atom. The monoisotopic (exact) mass is 293 g/mol. The highest BCUT2D eigenvalue weighted by atomic mass is 35.5. The maximum absolute atomic E-state index is 11.6. The number of carbonyl (C=O) groups excluding carboxylic acids is 1. The van der Waals surface area contributed by atoms with Crippen LogP contribution in [0.2, 0.25) is 5.02 Å². The SMILES string of the molecule is COC(=O)c1cccn1CC(=S)c1ccc(Cl)cc1. The van der Waals surface area contributed by atoms with Gasteiger partial charge in [0.05, 0.1) is 13.7 Å². The topological polar surface area (TPSA) is 31.2 Å².